The number of nitriles is 1. The molecule has 0 fully saturated rings. The van der Waals surface area contributed by atoms with E-state index in [4.69, 9.17) is 0 Å². The average molecular weight is 283 g/mol. The minimum Gasteiger partial charge on any atom is -0.390 e. The van der Waals surface area contributed by atoms with Gasteiger partial charge in [0.25, 0.3) is 5.91 Å². The van der Waals surface area contributed by atoms with E-state index in [1.807, 2.05) is 30.3 Å². The van der Waals surface area contributed by atoms with Crippen LogP contribution in [0.5, 0.6) is 0 Å². The van der Waals surface area contributed by atoms with Gasteiger partial charge in [-0.05, 0) is 30.9 Å². The third kappa shape index (κ3) is 3.63. The number of amides is 1. The predicted molar refractivity (Wildman–Crippen MR) is 83.7 cm³/mol. The number of para-hydroxylation sites is 1. The van der Waals surface area contributed by atoms with Gasteiger partial charge >= 0.3 is 0 Å². The van der Waals surface area contributed by atoms with E-state index in [2.05, 4.69) is 12.2 Å². The number of unbranched alkanes of at least 4 members (excludes halogenated alkanes) is 1. The molecule has 1 amide bonds. The first-order valence-electron chi connectivity index (χ1n) is 7.51. The van der Waals surface area contributed by atoms with Gasteiger partial charge in [0, 0.05) is 25.0 Å². The molecule has 0 spiro atoms. The zero-order chi connectivity index (χ0) is 15.1. The molecule has 0 aromatic heterocycles. The van der Waals surface area contributed by atoms with Crippen LogP contribution < -0.4 is 10.2 Å². The van der Waals surface area contributed by atoms with Gasteiger partial charge < -0.3 is 10.2 Å². The average Bonchev–Trinajstić information content (AvgIpc) is 2.54. The van der Waals surface area contributed by atoms with Crippen molar-refractivity contribution in [2.24, 2.45) is 0 Å². The van der Waals surface area contributed by atoms with Crippen molar-refractivity contribution in [1.29, 1.82) is 5.26 Å². The lowest BCUT2D eigenvalue weighted by atomic mass is 10.0. The molecule has 0 unspecified atom stereocenters. The maximum Gasteiger partial charge on any atom is 0.270 e. The zero-order valence-electron chi connectivity index (χ0n) is 12.4. The van der Waals surface area contributed by atoms with Gasteiger partial charge in [0.1, 0.15) is 11.6 Å². The van der Waals surface area contributed by atoms with E-state index in [1.54, 1.807) is 11.1 Å². The van der Waals surface area contributed by atoms with Gasteiger partial charge in [-0.15, -0.1) is 0 Å². The number of fused-ring (bicyclic) bond motifs is 1. The fraction of sp³-hybridized carbons (Fsp3) is 0.412. The van der Waals surface area contributed by atoms with E-state index in [0.717, 1.165) is 37.9 Å². The van der Waals surface area contributed by atoms with Gasteiger partial charge in [0.05, 0.1) is 0 Å². The van der Waals surface area contributed by atoms with Crippen LogP contribution in [-0.2, 0) is 11.2 Å². The molecule has 0 saturated heterocycles. The van der Waals surface area contributed by atoms with Crippen LogP contribution in [0.4, 0.5) is 5.69 Å². The maximum atomic E-state index is 12.6. The van der Waals surface area contributed by atoms with E-state index >= 15 is 0 Å². The maximum absolute atomic E-state index is 12.6. The quantitative estimate of drug-likeness (QED) is 0.513. The molecule has 0 aliphatic carbocycles. The summed E-state index contributed by atoms with van der Waals surface area (Å²) in [5.41, 5.74) is 2.28. The first kappa shape index (κ1) is 15.1. The van der Waals surface area contributed by atoms with E-state index in [1.165, 1.54) is 5.56 Å². The number of nitrogens with zero attached hydrogens (tertiary/aromatic N) is 2. The Morgan fingerprint density at radius 3 is 3.05 bits per heavy atom. The Bertz CT molecular complexity index is 572. The highest BCUT2D eigenvalue weighted by molar-refractivity contribution is 6.08. The van der Waals surface area contributed by atoms with E-state index in [-0.39, 0.29) is 11.5 Å². The highest BCUT2D eigenvalue weighted by atomic mass is 16.2. The fourth-order valence-electron chi connectivity index (χ4n) is 2.48. The van der Waals surface area contributed by atoms with E-state index in [9.17, 15) is 10.1 Å². The minimum absolute atomic E-state index is 0.169. The second-order valence-electron chi connectivity index (χ2n) is 5.17. The van der Waals surface area contributed by atoms with Crippen LogP contribution in [0.1, 0.15) is 31.7 Å². The first-order valence-corrected chi connectivity index (χ1v) is 7.51. The van der Waals surface area contributed by atoms with Crippen molar-refractivity contribution in [3.05, 3.63) is 41.6 Å². The van der Waals surface area contributed by atoms with Crippen LogP contribution in [0.25, 0.3) is 0 Å². The summed E-state index contributed by atoms with van der Waals surface area (Å²) in [4.78, 5) is 14.3. The Hall–Kier alpha value is -2.28. The summed E-state index contributed by atoms with van der Waals surface area (Å²) >= 11 is 0. The van der Waals surface area contributed by atoms with E-state index in [0.29, 0.717) is 6.54 Å². The standard InChI is InChI=1S/C17H21N3O/c1-2-3-10-19-13-15(12-18)17(21)20-11-6-8-14-7-4-5-9-16(14)20/h4-5,7,9,13,19H,2-3,6,8,10-11H2,1H3/b15-13-. The highest BCUT2D eigenvalue weighted by Gasteiger charge is 2.24. The topological polar surface area (TPSA) is 56.1 Å². The van der Waals surface area contributed by atoms with Crippen LogP contribution in [0, 0.1) is 11.3 Å². The second-order valence-corrected chi connectivity index (χ2v) is 5.17. The molecule has 2 rings (SSSR count). The van der Waals surface area contributed by atoms with Crippen LogP contribution >= 0.6 is 0 Å². The lowest BCUT2D eigenvalue weighted by Gasteiger charge is -2.29. The van der Waals surface area contributed by atoms with Crippen molar-refractivity contribution in [2.75, 3.05) is 18.0 Å². The first-order chi connectivity index (χ1) is 10.3. The number of carbonyl (C=O) groups excluding carboxylic acids is 1. The smallest absolute Gasteiger partial charge is 0.270 e. The lowest BCUT2D eigenvalue weighted by Crippen LogP contribution is -2.36. The summed E-state index contributed by atoms with van der Waals surface area (Å²) in [6.07, 6.45) is 5.58. The summed E-state index contributed by atoms with van der Waals surface area (Å²) in [7, 11) is 0. The molecule has 1 aliphatic rings. The molecule has 0 bridgehead atoms. The minimum atomic E-state index is -0.214. The fourth-order valence-corrected chi connectivity index (χ4v) is 2.48. The molecule has 1 N–H and O–H groups in total. The number of hydrogen-bond acceptors (Lipinski definition) is 3. The molecule has 4 heteroatoms. The normalized spacial score (nSPS) is 14.3. The summed E-state index contributed by atoms with van der Waals surface area (Å²) in [6.45, 7) is 3.56. The van der Waals surface area contributed by atoms with Crippen molar-refractivity contribution < 1.29 is 4.79 Å². The highest BCUT2D eigenvalue weighted by Crippen LogP contribution is 2.27. The van der Waals surface area contributed by atoms with Crippen LogP contribution in [0.3, 0.4) is 0 Å². The largest absolute Gasteiger partial charge is 0.390 e. The van der Waals surface area contributed by atoms with Crippen LogP contribution in [0.2, 0.25) is 0 Å². The van der Waals surface area contributed by atoms with Gasteiger partial charge in [0.2, 0.25) is 0 Å². The van der Waals surface area contributed by atoms with Crippen LogP contribution in [0.15, 0.2) is 36.0 Å². The van der Waals surface area contributed by atoms with Gasteiger partial charge in [-0.2, -0.15) is 5.26 Å². The molecule has 1 heterocycles. The SMILES string of the molecule is CCCCN/C=C(/C#N)C(=O)N1CCCc2ccccc21. The van der Waals surface area contributed by atoms with Gasteiger partial charge in [-0.1, -0.05) is 31.5 Å². The monoisotopic (exact) mass is 283 g/mol. The third-order valence-electron chi connectivity index (χ3n) is 3.63. The van der Waals surface area contributed by atoms with Crippen molar-refractivity contribution in [3.8, 4) is 6.07 Å². The molecule has 1 aromatic carbocycles. The molecule has 1 aromatic rings. The number of carbonyl (C=O) groups is 1. The molecular formula is C17H21N3O. The molecule has 0 radical (unpaired) electrons. The van der Waals surface area contributed by atoms with Crippen molar-refractivity contribution in [3.63, 3.8) is 0 Å². The Kier molecular flexibility index (Phi) is 5.39. The summed E-state index contributed by atoms with van der Waals surface area (Å²) in [6, 6.07) is 9.93. The Labute approximate surface area is 126 Å². The third-order valence-corrected chi connectivity index (χ3v) is 3.63. The lowest BCUT2D eigenvalue weighted by molar-refractivity contribution is -0.114. The van der Waals surface area contributed by atoms with Gasteiger partial charge in [-0.25, -0.2) is 0 Å². The van der Waals surface area contributed by atoms with Gasteiger partial charge in [0.15, 0.2) is 0 Å². The van der Waals surface area contributed by atoms with Crippen molar-refractivity contribution in [1.82, 2.24) is 5.32 Å². The molecule has 0 saturated carbocycles. The van der Waals surface area contributed by atoms with Crippen LogP contribution in [-0.4, -0.2) is 19.0 Å². The van der Waals surface area contributed by atoms with Crippen molar-refractivity contribution >= 4 is 11.6 Å². The van der Waals surface area contributed by atoms with Gasteiger partial charge in [-0.3, -0.25) is 4.79 Å². The zero-order valence-corrected chi connectivity index (χ0v) is 12.4. The number of anilines is 1. The Morgan fingerprint density at radius 2 is 2.29 bits per heavy atom. The molecule has 0 atom stereocenters. The number of hydrogen-bond donors (Lipinski definition) is 1. The Morgan fingerprint density at radius 1 is 1.48 bits per heavy atom. The molecule has 21 heavy (non-hydrogen) atoms. The summed E-state index contributed by atoms with van der Waals surface area (Å²) in [5, 5.41) is 12.3. The van der Waals surface area contributed by atoms with E-state index < -0.39 is 0 Å². The number of aryl methyl sites for hydroxylation is 1. The number of nitrogens with one attached hydrogen (secondary N) is 1. The predicted octanol–water partition coefficient (Wildman–Crippen LogP) is 2.76. The number of rotatable bonds is 5. The summed E-state index contributed by atoms with van der Waals surface area (Å²) < 4.78 is 0. The molecule has 4 nitrogen and oxygen atoms in total. The molecule has 1 aliphatic heterocycles. The Balaban J connectivity index is 2.14. The summed E-state index contributed by atoms with van der Waals surface area (Å²) in [5.74, 6) is -0.214. The molecular weight excluding hydrogens is 262 g/mol. The number of benzene rings is 1. The molecule has 110 valence electrons. The second kappa shape index (κ2) is 7.49. The van der Waals surface area contributed by atoms with Crippen molar-refractivity contribution in [2.45, 2.75) is 32.6 Å².